The van der Waals surface area contributed by atoms with E-state index in [1.165, 1.54) is 12.1 Å². The molecule has 0 aliphatic carbocycles. The molecule has 0 amide bonds. The van der Waals surface area contributed by atoms with E-state index in [1.54, 1.807) is 37.4 Å². The fourth-order valence-electron chi connectivity index (χ4n) is 2.53. The van der Waals surface area contributed by atoms with Gasteiger partial charge in [-0.05, 0) is 47.5 Å². The van der Waals surface area contributed by atoms with Crippen molar-refractivity contribution in [2.24, 2.45) is 0 Å². The average Bonchev–Trinajstić information content (AvgIpc) is 2.69. The normalized spacial score (nSPS) is 10.6. The first-order valence-corrected chi connectivity index (χ1v) is 9.52. The van der Waals surface area contributed by atoms with E-state index in [9.17, 15) is 4.39 Å². The van der Waals surface area contributed by atoms with Crippen LogP contribution in [0.4, 0.5) is 10.1 Å². The molecular weight excluding hydrogens is 424 g/mol. The first-order chi connectivity index (χ1) is 13.5. The summed E-state index contributed by atoms with van der Waals surface area (Å²) >= 11 is 18.4. The van der Waals surface area contributed by atoms with Crippen molar-refractivity contribution in [3.05, 3.63) is 86.6 Å². The van der Waals surface area contributed by atoms with E-state index < -0.39 is 0 Å². The van der Waals surface area contributed by atoms with Gasteiger partial charge in [-0.2, -0.15) is 0 Å². The number of anilines is 1. The van der Waals surface area contributed by atoms with Crippen LogP contribution in [0.2, 0.25) is 15.1 Å². The lowest BCUT2D eigenvalue weighted by Crippen LogP contribution is -2.03. The number of benzene rings is 3. The Labute approximate surface area is 177 Å². The Hall–Kier alpha value is -2.14. The third-order valence-electron chi connectivity index (χ3n) is 4.04. The second-order valence-electron chi connectivity index (χ2n) is 5.99. The summed E-state index contributed by atoms with van der Waals surface area (Å²) in [6.07, 6.45) is 0. The molecule has 28 heavy (non-hydrogen) atoms. The Morgan fingerprint density at radius 3 is 2.29 bits per heavy atom. The predicted molar refractivity (Wildman–Crippen MR) is 113 cm³/mol. The van der Waals surface area contributed by atoms with Crippen molar-refractivity contribution in [1.82, 2.24) is 0 Å². The van der Waals surface area contributed by atoms with Crippen molar-refractivity contribution < 1.29 is 13.9 Å². The largest absolute Gasteiger partial charge is 0.493 e. The monoisotopic (exact) mass is 439 g/mol. The summed E-state index contributed by atoms with van der Waals surface area (Å²) in [5, 5.41) is 4.74. The van der Waals surface area contributed by atoms with E-state index in [0.717, 1.165) is 16.8 Å². The first-order valence-electron chi connectivity index (χ1n) is 8.39. The summed E-state index contributed by atoms with van der Waals surface area (Å²) in [6.45, 7) is 0.735. The van der Waals surface area contributed by atoms with Gasteiger partial charge in [-0.15, -0.1) is 0 Å². The molecule has 3 rings (SSSR count). The van der Waals surface area contributed by atoms with Gasteiger partial charge in [0, 0.05) is 23.3 Å². The van der Waals surface area contributed by atoms with E-state index in [1.807, 2.05) is 12.1 Å². The van der Waals surface area contributed by atoms with Crippen molar-refractivity contribution in [3.8, 4) is 11.5 Å². The molecule has 3 nitrogen and oxygen atoms in total. The van der Waals surface area contributed by atoms with E-state index in [0.29, 0.717) is 33.1 Å². The van der Waals surface area contributed by atoms with Crippen LogP contribution in [0.5, 0.6) is 11.5 Å². The van der Waals surface area contributed by atoms with Crippen molar-refractivity contribution in [2.45, 2.75) is 13.2 Å². The highest BCUT2D eigenvalue weighted by molar-refractivity contribution is 6.42. The van der Waals surface area contributed by atoms with Gasteiger partial charge >= 0.3 is 0 Å². The number of ether oxygens (including phenoxy) is 2. The molecule has 7 heteroatoms. The summed E-state index contributed by atoms with van der Waals surface area (Å²) < 4.78 is 24.2. The minimum Gasteiger partial charge on any atom is -0.493 e. The molecule has 1 N–H and O–H groups in total. The van der Waals surface area contributed by atoms with Crippen LogP contribution in [0, 0.1) is 5.82 Å². The highest BCUT2D eigenvalue weighted by Crippen LogP contribution is 2.34. The number of hydrogen-bond donors (Lipinski definition) is 1. The van der Waals surface area contributed by atoms with Crippen LogP contribution in [-0.2, 0) is 13.2 Å². The quantitative estimate of drug-likeness (QED) is 0.429. The molecule has 146 valence electrons. The fourth-order valence-corrected chi connectivity index (χ4v) is 3.05. The first kappa shape index (κ1) is 20.6. The topological polar surface area (TPSA) is 30.5 Å². The zero-order valence-corrected chi connectivity index (χ0v) is 17.2. The van der Waals surface area contributed by atoms with E-state index in [2.05, 4.69) is 5.32 Å². The molecule has 0 aliphatic heterocycles. The van der Waals surface area contributed by atoms with Gasteiger partial charge in [-0.25, -0.2) is 4.39 Å². The van der Waals surface area contributed by atoms with Crippen LogP contribution in [0.3, 0.4) is 0 Å². The van der Waals surface area contributed by atoms with Gasteiger partial charge in [0.15, 0.2) is 11.5 Å². The molecular formula is C21H17Cl3FNO2. The summed E-state index contributed by atoms with van der Waals surface area (Å²) in [5.74, 6) is 0.774. The summed E-state index contributed by atoms with van der Waals surface area (Å²) in [6, 6.07) is 14.9. The SMILES string of the molecule is COc1cc(CNc2ccc(Cl)c(Cl)c2)c(Cl)cc1OCc1ccc(F)cc1. The van der Waals surface area contributed by atoms with Gasteiger partial charge in [0.05, 0.1) is 17.2 Å². The van der Waals surface area contributed by atoms with Gasteiger partial charge in [0.2, 0.25) is 0 Å². The maximum atomic E-state index is 13.0. The number of hydrogen-bond acceptors (Lipinski definition) is 3. The van der Waals surface area contributed by atoms with Crippen molar-refractivity contribution in [2.75, 3.05) is 12.4 Å². The molecule has 0 heterocycles. The third-order valence-corrected chi connectivity index (χ3v) is 5.13. The molecule has 0 spiro atoms. The smallest absolute Gasteiger partial charge is 0.163 e. The van der Waals surface area contributed by atoms with Crippen LogP contribution in [0.1, 0.15) is 11.1 Å². The van der Waals surface area contributed by atoms with E-state index in [4.69, 9.17) is 44.3 Å². The Balaban J connectivity index is 1.71. The van der Waals surface area contributed by atoms with E-state index in [-0.39, 0.29) is 12.4 Å². The number of methoxy groups -OCH3 is 1. The van der Waals surface area contributed by atoms with Crippen molar-refractivity contribution >= 4 is 40.5 Å². The average molecular weight is 441 g/mol. The van der Waals surface area contributed by atoms with Crippen LogP contribution >= 0.6 is 34.8 Å². The number of halogens is 4. The molecule has 0 aliphatic rings. The van der Waals surface area contributed by atoms with Crippen molar-refractivity contribution in [3.63, 3.8) is 0 Å². The fraction of sp³-hybridized carbons (Fsp3) is 0.143. The van der Waals surface area contributed by atoms with Gasteiger partial charge in [-0.3, -0.25) is 0 Å². The summed E-state index contributed by atoms with van der Waals surface area (Å²) in [4.78, 5) is 0. The van der Waals surface area contributed by atoms with Crippen molar-refractivity contribution in [1.29, 1.82) is 0 Å². The Kier molecular flexibility index (Phi) is 6.89. The number of nitrogens with one attached hydrogen (secondary N) is 1. The zero-order valence-electron chi connectivity index (χ0n) is 14.9. The molecule has 3 aromatic rings. The number of rotatable bonds is 7. The molecule has 0 saturated heterocycles. The second-order valence-corrected chi connectivity index (χ2v) is 7.21. The molecule has 0 atom stereocenters. The zero-order chi connectivity index (χ0) is 20.1. The second kappa shape index (κ2) is 9.37. The Bertz CT molecular complexity index is 965. The Morgan fingerprint density at radius 1 is 0.857 bits per heavy atom. The summed E-state index contributed by atoms with van der Waals surface area (Å²) in [5.41, 5.74) is 2.49. The molecule has 0 radical (unpaired) electrons. The van der Waals surface area contributed by atoms with E-state index >= 15 is 0 Å². The maximum Gasteiger partial charge on any atom is 0.163 e. The van der Waals surface area contributed by atoms with Gasteiger partial charge < -0.3 is 14.8 Å². The van der Waals surface area contributed by atoms with Crippen LogP contribution in [0.15, 0.2) is 54.6 Å². The minimum absolute atomic E-state index is 0.272. The Morgan fingerprint density at radius 2 is 1.61 bits per heavy atom. The standard InChI is InChI=1S/C21H17Cl3FNO2/c1-27-20-8-14(11-26-16-6-7-17(22)19(24)9-16)18(23)10-21(20)28-12-13-2-4-15(25)5-3-13/h2-10,26H,11-12H2,1H3. The summed E-state index contributed by atoms with van der Waals surface area (Å²) in [7, 11) is 1.56. The van der Waals surface area contributed by atoms with Crippen LogP contribution in [0.25, 0.3) is 0 Å². The lowest BCUT2D eigenvalue weighted by Gasteiger charge is -2.15. The lowest BCUT2D eigenvalue weighted by atomic mass is 10.2. The predicted octanol–water partition coefficient (Wildman–Crippen LogP) is 6.99. The molecule has 0 aromatic heterocycles. The van der Waals surface area contributed by atoms with Crippen LogP contribution in [-0.4, -0.2) is 7.11 Å². The highest BCUT2D eigenvalue weighted by atomic mass is 35.5. The van der Waals surface area contributed by atoms with Crippen LogP contribution < -0.4 is 14.8 Å². The molecule has 0 unspecified atom stereocenters. The molecule has 0 saturated carbocycles. The lowest BCUT2D eigenvalue weighted by molar-refractivity contribution is 0.284. The highest BCUT2D eigenvalue weighted by Gasteiger charge is 2.11. The van der Waals surface area contributed by atoms with Gasteiger partial charge in [-0.1, -0.05) is 46.9 Å². The third kappa shape index (κ3) is 5.22. The molecule has 0 fully saturated rings. The maximum absolute atomic E-state index is 13.0. The van der Waals surface area contributed by atoms with Gasteiger partial charge in [0.25, 0.3) is 0 Å². The molecule has 0 bridgehead atoms. The minimum atomic E-state index is -0.289. The van der Waals surface area contributed by atoms with Gasteiger partial charge in [0.1, 0.15) is 12.4 Å². The molecule has 3 aromatic carbocycles.